The van der Waals surface area contributed by atoms with E-state index in [1.54, 1.807) is 0 Å². The Bertz CT molecular complexity index is 762. The van der Waals surface area contributed by atoms with Crippen LogP contribution < -0.4 is 4.74 Å². The van der Waals surface area contributed by atoms with E-state index in [-0.39, 0.29) is 0 Å². The van der Waals surface area contributed by atoms with Crippen LogP contribution in [-0.2, 0) is 38.5 Å². The van der Waals surface area contributed by atoms with Crippen LogP contribution in [0, 0.1) is 0 Å². The van der Waals surface area contributed by atoms with Crippen LogP contribution in [0.5, 0.6) is 11.5 Å². The molecule has 0 radical (unpaired) electrons. The summed E-state index contributed by atoms with van der Waals surface area (Å²) >= 11 is 0. The quantitative estimate of drug-likeness (QED) is 0.173. The van der Waals surface area contributed by atoms with Crippen LogP contribution >= 0.6 is 0 Å². The van der Waals surface area contributed by atoms with Crippen molar-refractivity contribution in [1.29, 1.82) is 0 Å². The summed E-state index contributed by atoms with van der Waals surface area (Å²) in [5.74, 6) is 2.39. The van der Waals surface area contributed by atoms with Crippen molar-refractivity contribution >= 4 is 0 Å². The van der Waals surface area contributed by atoms with Crippen LogP contribution in [0.3, 0.4) is 0 Å². The predicted octanol–water partition coefficient (Wildman–Crippen LogP) is 11.5. The molecule has 1 nitrogen and oxygen atoms in total. The van der Waals surface area contributed by atoms with Gasteiger partial charge < -0.3 is 4.74 Å². The Balaban J connectivity index is 2.64. The topological polar surface area (TPSA) is 9.23 Å². The fourth-order valence-electron chi connectivity index (χ4n) is 5.28. The summed E-state index contributed by atoms with van der Waals surface area (Å²) in [4.78, 5) is 0. The Kier molecular flexibility index (Phi) is 15.7. The molecule has 2 aromatic carbocycles. The van der Waals surface area contributed by atoms with Gasteiger partial charge in [0.15, 0.2) is 0 Å². The number of aryl methyl sites for hydroxylation is 6. The van der Waals surface area contributed by atoms with Crippen LogP contribution in [0.25, 0.3) is 0 Å². The van der Waals surface area contributed by atoms with Crippen LogP contribution in [0.2, 0.25) is 0 Å². The third kappa shape index (κ3) is 10.5. The smallest absolute Gasteiger partial charge is 0.133 e. The van der Waals surface area contributed by atoms with Gasteiger partial charge in [-0.05, 0) is 110 Å². The molecule has 0 aliphatic carbocycles. The van der Waals surface area contributed by atoms with Crippen molar-refractivity contribution in [3.63, 3.8) is 0 Å². The molecule has 0 aliphatic rings. The van der Waals surface area contributed by atoms with Crippen molar-refractivity contribution in [1.82, 2.24) is 0 Å². The highest BCUT2D eigenvalue weighted by Gasteiger charge is 2.19. The normalized spacial score (nSPS) is 11.3. The van der Waals surface area contributed by atoms with Crippen molar-refractivity contribution in [3.05, 3.63) is 57.6 Å². The van der Waals surface area contributed by atoms with Gasteiger partial charge in [-0.2, -0.15) is 0 Å². The maximum Gasteiger partial charge on any atom is 0.133 e. The number of ether oxygens (including phenoxy) is 1. The van der Waals surface area contributed by atoms with Crippen molar-refractivity contribution in [2.24, 2.45) is 0 Å². The van der Waals surface area contributed by atoms with Crippen LogP contribution in [-0.4, -0.2) is 0 Å². The first-order valence-corrected chi connectivity index (χ1v) is 16.1. The van der Waals surface area contributed by atoms with E-state index >= 15 is 0 Å². The van der Waals surface area contributed by atoms with Gasteiger partial charge in [0, 0.05) is 0 Å². The lowest BCUT2D eigenvalue weighted by atomic mass is 9.93. The van der Waals surface area contributed by atoms with E-state index in [0.717, 1.165) is 25.7 Å². The SMILES string of the molecule is CCCCc1cc(CCCC)c(Oc2c(CCCC)cc(CCCC)cc2CCCC)c(CCCC)c1. The summed E-state index contributed by atoms with van der Waals surface area (Å²) in [6.45, 7) is 13.8. The van der Waals surface area contributed by atoms with Gasteiger partial charge in [-0.1, -0.05) is 104 Å². The molecule has 0 heterocycles. The first-order valence-electron chi connectivity index (χ1n) is 16.1. The fraction of sp³-hybridized carbons (Fsp3) is 0.667. The molecule has 0 saturated heterocycles. The first-order chi connectivity index (χ1) is 18.1. The Morgan fingerprint density at radius 2 is 0.622 bits per heavy atom. The number of unbranched alkanes of at least 4 members (excludes halogenated alkanes) is 6. The Labute approximate surface area is 230 Å². The van der Waals surface area contributed by atoms with Crippen molar-refractivity contribution in [3.8, 4) is 11.5 Å². The minimum atomic E-state index is 1.12. The van der Waals surface area contributed by atoms with Gasteiger partial charge in [0.2, 0.25) is 0 Å². The maximum absolute atomic E-state index is 7.21. The third-order valence-corrected chi connectivity index (χ3v) is 7.65. The molecule has 0 bridgehead atoms. The first kappa shape index (κ1) is 31.5. The van der Waals surface area contributed by atoms with Gasteiger partial charge in [0.25, 0.3) is 0 Å². The molecule has 37 heavy (non-hydrogen) atoms. The van der Waals surface area contributed by atoms with E-state index < -0.39 is 0 Å². The number of hydrogen-bond donors (Lipinski definition) is 0. The molecule has 2 rings (SSSR count). The zero-order valence-corrected chi connectivity index (χ0v) is 25.4. The molecule has 0 amide bonds. The molecule has 0 atom stereocenters. The standard InChI is InChI=1S/C36H58O/c1-7-13-19-29-25-31(21-15-9-3)35(32(26-29)22-16-10-4)37-36-33(23-17-11-5)27-30(20-14-8-2)28-34(36)24-18-12-6/h25-28H,7-24H2,1-6H3. The van der Waals surface area contributed by atoms with Crippen molar-refractivity contribution in [2.75, 3.05) is 0 Å². The highest BCUT2D eigenvalue weighted by atomic mass is 16.5. The average Bonchev–Trinajstić information content (AvgIpc) is 2.92. The fourth-order valence-corrected chi connectivity index (χ4v) is 5.28. The molecule has 208 valence electrons. The van der Waals surface area contributed by atoms with Crippen LogP contribution in [0.1, 0.15) is 152 Å². The van der Waals surface area contributed by atoms with Gasteiger partial charge >= 0.3 is 0 Å². The molecule has 1 heteroatoms. The highest BCUT2D eigenvalue weighted by Crippen LogP contribution is 2.39. The van der Waals surface area contributed by atoms with E-state index in [9.17, 15) is 0 Å². The van der Waals surface area contributed by atoms with Gasteiger partial charge in [0.1, 0.15) is 11.5 Å². The van der Waals surface area contributed by atoms with Gasteiger partial charge in [-0.3, -0.25) is 0 Å². The van der Waals surface area contributed by atoms with Crippen LogP contribution in [0.15, 0.2) is 24.3 Å². The van der Waals surface area contributed by atoms with Gasteiger partial charge in [-0.25, -0.2) is 0 Å². The lowest BCUT2D eigenvalue weighted by Crippen LogP contribution is -2.06. The van der Waals surface area contributed by atoms with E-state index in [1.807, 2.05) is 0 Å². The Morgan fingerprint density at radius 1 is 0.378 bits per heavy atom. The largest absolute Gasteiger partial charge is 0.456 e. The Hall–Kier alpha value is -1.76. The minimum Gasteiger partial charge on any atom is -0.456 e. The molecular weight excluding hydrogens is 448 g/mol. The van der Waals surface area contributed by atoms with E-state index in [2.05, 4.69) is 65.8 Å². The highest BCUT2D eigenvalue weighted by molar-refractivity contribution is 5.52. The van der Waals surface area contributed by atoms with Gasteiger partial charge in [-0.15, -0.1) is 0 Å². The summed E-state index contributed by atoms with van der Waals surface area (Å²) in [7, 11) is 0. The molecule has 0 aliphatic heterocycles. The molecule has 0 aromatic heterocycles. The molecule has 0 spiro atoms. The molecule has 0 fully saturated rings. The third-order valence-electron chi connectivity index (χ3n) is 7.65. The average molecular weight is 507 g/mol. The van der Waals surface area contributed by atoms with Crippen molar-refractivity contribution < 1.29 is 4.74 Å². The molecule has 0 unspecified atom stereocenters. The second-order valence-corrected chi connectivity index (χ2v) is 11.2. The second kappa shape index (κ2) is 18.5. The van der Waals surface area contributed by atoms with E-state index in [4.69, 9.17) is 4.74 Å². The van der Waals surface area contributed by atoms with Crippen molar-refractivity contribution in [2.45, 2.75) is 157 Å². The minimum absolute atomic E-state index is 1.12. The summed E-state index contributed by atoms with van der Waals surface area (Å²) in [5, 5.41) is 0. The lowest BCUT2D eigenvalue weighted by molar-refractivity contribution is 0.453. The summed E-state index contributed by atoms with van der Waals surface area (Å²) in [5.41, 5.74) is 8.80. The Morgan fingerprint density at radius 3 is 0.865 bits per heavy atom. The van der Waals surface area contributed by atoms with Crippen LogP contribution in [0.4, 0.5) is 0 Å². The van der Waals surface area contributed by atoms with E-state index in [0.29, 0.717) is 0 Å². The van der Waals surface area contributed by atoms with Gasteiger partial charge in [0.05, 0.1) is 0 Å². The lowest BCUT2D eigenvalue weighted by Gasteiger charge is -2.23. The zero-order valence-electron chi connectivity index (χ0n) is 25.4. The van der Waals surface area contributed by atoms with E-state index in [1.165, 1.54) is 135 Å². The summed E-state index contributed by atoms with van der Waals surface area (Å²) in [6.07, 6.45) is 21.7. The molecule has 2 aromatic rings. The predicted molar refractivity (Wildman–Crippen MR) is 165 cm³/mol. The number of benzene rings is 2. The zero-order chi connectivity index (χ0) is 26.9. The second-order valence-electron chi connectivity index (χ2n) is 11.2. The molecule has 0 saturated carbocycles. The maximum atomic E-state index is 7.21. The molecule has 0 N–H and O–H groups in total. The summed E-state index contributed by atoms with van der Waals surface area (Å²) < 4.78 is 7.21. The molecular formula is C36H58O. The monoisotopic (exact) mass is 506 g/mol. The number of hydrogen-bond acceptors (Lipinski definition) is 1. The summed E-state index contributed by atoms with van der Waals surface area (Å²) in [6, 6.07) is 9.96. The number of rotatable bonds is 20.